The summed E-state index contributed by atoms with van der Waals surface area (Å²) in [5.74, 6) is -5.55. The van der Waals surface area contributed by atoms with Crippen molar-refractivity contribution in [2.45, 2.75) is 312 Å². The molecule has 0 aliphatic heterocycles. The topological polar surface area (TPSA) is 514 Å². The Morgan fingerprint density at radius 1 is 0.288 bits per heavy atom. The zero-order chi connectivity index (χ0) is 77.2. The molecule has 0 fully saturated rings. The number of hydrogen-bond acceptors (Lipinski definition) is 21. The molecule has 29 nitrogen and oxygen atoms in total. The molecule has 26 N–H and O–H groups in total. The summed E-state index contributed by atoms with van der Waals surface area (Å²) in [6.45, 7) is 5.82. The van der Waals surface area contributed by atoms with Gasteiger partial charge in [0, 0.05) is 55.6 Å². The van der Waals surface area contributed by atoms with Gasteiger partial charge in [-0.3, -0.25) is 47.9 Å². The Bertz CT molecular complexity index is 2280. The molecule has 9 atom stereocenters. The lowest BCUT2D eigenvalue weighted by molar-refractivity contribution is -0.134. The van der Waals surface area contributed by atoms with Crippen LogP contribution in [0.25, 0.3) is 0 Å². The van der Waals surface area contributed by atoms with Crippen LogP contribution in [0.3, 0.4) is 0 Å². The van der Waals surface area contributed by atoms with E-state index in [1.54, 1.807) is 0 Å². The summed E-state index contributed by atoms with van der Waals surface area (Å²) in [4.78, 5) is 137. The first kappa shape index (κ1) is 99.0. The van der Waals surface area contributed by atoms with Gasteiger partial charge in [0.2, 0.25) is 59.1 Å². The van der Waals surface area contributed by atoms with Crippen molar-refractivity contribution in [2.24, 2.45) is 40.1 Å². The molecule has 0 heterocycles. The van der Waals surface area contributed by atoms with E-state index in [0.717, 1.165) is 57.8 Å². The maximum atomic E-state index is 14.5. The largest absolute Gasteiger partial charge is 0.394 e. The van der Waals surface area contributed by atoms with Crippen LogP contribution >= 0.6 is 23.5 Å². The summed E-state index contributed by atoms with van der Waals surface area (Å²) < 4.78 is 0. The van der Waals surface area contributed by atoms with Gasteiger partial charge in [0.05, 0.1) is 31.3 Å². The van der Waals surface area contributed by atoms with E-state index in [1.165, 1.54) is 87.7 Å². The minimum absolute atomic E-state index is 0.0739. The lowest BCUT2D eigenvalue weighted by atomic mass is 10.1. The molecule has 0 aromatic carbocycles. The Morgan fingerprint density at radius 2 is 0.558 bits per heavy atom. The number of hydrogen-bond donors (Lipinski definition) is 19. The van der Waals surface area contributed by atoms with Crippen LogP contribution in [0.2, 0.25) is 0 Å². The summed E-state index contributed by atoms with van der Waals surface area (Å²) in [6.07, 6.45) is 30.2. The van der Waals surface area contributed by atoms with Crippen molar-refractivity contribution < 1.29 is 58.2 Å². The van der Waals surface area contributed by atoms with Crippen molar-refractivity contribution in [3.05, 3.63) is 0 Å². The molecule has 0 rings (SSSR count). The molecule has 10 amide bonds. The van der Waals surface area contributed by atoms with E-state index in [0.29, 0.717) is 155 Å². The SMILES string of the molecule is CCCCCCCCCCCCNC(=O)C(CO)NC(=O)C(CSCCSCC(NC(=O)C(CCCCNC(=O)C(N)CCCCN)NC(=O)C(N)CCCCN)C(=O)NC(CO)C(=O)NCCCCCCCCCCCC)NC(=O)C(CCCCNC(=O)CCCCN)NC(=O)C(N)CCCCN. The predicted molar refractivity (Wildman–Crippen MR) is 419 cm³/mol. The second-order valence-electron chi connectivity index (χ2n) is 27.4. The van der Waals surface area contributed by atoms with Crippen molar-refractivity contribution >= 4 is 82.6 Å². The second kappa shape index (κ2) is 68.6. The molecule has 31 heteroatoms. The number of unbranched alkanes of at least 4 members (excludes halogenated alkanes) is 24. The molecule has 0 radical (unpaired) electrons. The van der Waals surface area contributed by atoms with Crippen molar-refractivity contribution in [2.75, 3.05) is 88.6 Å². The van der Waals surface area contributed by atoms with Crippen LogP contribution < -0.4 is 93.3 Å². The van der Waals surface area contributed by atoms with Gasteiger partial charge in [-0.2, -0.15) is 23.5 Å². The van der Waals surface area contributed by atoms with Crippen molar-refractivity contribution in [3.8, 4) is 0 Å². The van der Waals surface area contributed by atoms with Gasteiger partial charge in [-0.05, 0) is 129 Å². The zero-order valence-corrected chi connectivity index (χ0v) is 65.4. The predicted octanol–water partition coefficient (Wildman–Crippen LogP) is 2.49. The molecule has 0 aliphatic carbocycles. The first-order chi connectivity index (χ1) is 50.3. The first-order valence-corrected chi connectivity index (χ1v) is 42.0. The first-order valence-electron chi connectivity index (χ1n) is 39.6. The number of thioether (sulfide) groups is 2. The van der Waals surface area contributed by atoms with Crippen molar-refractivity contribution in [1.29, 1.82) is 0 Å². The lowest BCUT2D eigenvalue weighted by Gasteiger charge is -2.26. The lowest BCUT2D eigenvalue weighted by Crippen LogP contribution is -2.59. The molecule has 104 heavy (non-hydrogen) atoms. The highest BCUT2D eigenvalue weighted by Gasteiger charge is 2.33. The standard InChI is InChI=1S/C73H145N17O12S2/c1-3-5-7-9-11-13-15-17-19-31-46-83-68(97)60(51-91)87-72(101)62(89-70(99)58(85-66(95)56(79)36-22-28-42-75)38-25-33-45-81-64(93)40-24-30-44-77)53-103-49-50-104-54-63(73(102)88-61(52-92)69(98)84-47-32-20-18-16-14-12-10-8-6-4-2)90-71(100)59(86-67(96)57(80)37-23-29-43-76)39-26-34-48-82-65(94)55(78)35-21-27-41-74/h55-63,91-92H,3-54,74-80H2,1-2H3,(H,81,93)(H,82,94)(H,83,97)(H,84,98)(H,85,95)(H,86,96)(H,87,101)(H,88,102)(H,89,99)(H,90,100). The van der Waals surface area contributed by atoms with Crippen LogP contribution in [-0.2, 0) is 47.9 Å². The quantitative estimate of drug-likeness (QED) is 0.0389. The summed E-state index contributed by atoms with van der Waals surface area (Å²) in [6, 6.07) is -10.5. The maximum absolute atomic E-state index is 14.5. The number of amides is 10. The minimum atomic E-state index is -1.38. The molecule has 0 saturated carbocycles. The van der Waals surface area contributed by atoms with E-state index in [-0.39, 0.29) is 54.2 Å². The smallest absolute Gasteiger partial charge is 0.244 e. The van der Waals surface area contributed by atoms with E-state index in [2.05, 4.69) is 67.0 Å². The summed E-state index contributed by atoms with van der Waals surface area (Å²) in [5, 5.41) is 48.6. The number of rotatable bonds is 72. The van der Waals surface area contributed by atoms with Crippen LogP contribution in [0.1, 0.15) is 258 Å². The average molecular weight is 1520 g/mol. The third kappa shape index (κ3) is 52.9. The fourth-order valence-corrected chi connectivity index (χ4v) is 13.5. The molecule has 0 aromatic heterocycles. The van der Waals surface area contributed by atoms with Gasteiger partial charge < -0.3 is 104 Å². The van der Waals surface area contributed by atoms with Gasteiger partial charge in [0.15, 0.2) is 0 Å². The number of carbonyl (C=O) groups excluding carboxylic acids is 10. The molecular weight excluding hydrogens is 1370 g/mol. The van der Waals surface area contributed by atoms with Gasteiger partial charge in [-0.25, -0.2) is 0 Å². The maximum Gasteiger partial charge on any atom is 0.244 e. The molecule has 0 aromatic rings. The van der Waals surface area contributed by atoms with E-state index >= 15 is 0 Å². The number of aliphatic hydroxyl groups is 2. The van der Waals surface area contributed by atoms with E-state index in [1.807, 2.05) is 0 Å². The van der Waals surface area contributed by atoms with Crippen molar-refractivity contribution in [1.82, 2.24) is 53.2 Å². The summed E-state index contributed by atoms with van der Waals surface area (Å²) in [5.41, 5.74) is 41.3. The average Bonchev–Trinajstić information content (AvgIpc) is 0.876. The van der Waals surface area contributed by atoms with Gasteiger partial charge in [-0.15, -0.1) is 0 Å². The summed E-state index contributed by atoms with van der Waals surface area (Å²) >= 11 is 2.46. The van der Waals surface area contributed by atoms with Gasteiger partial charge >= 0.3 is 0 Å². The monoisotopic (exact) mass is 1520 g/mol. The van der Waals surface area contributed by atoms with Crippen LogP contribution in [0.4, 0.5) is 0 Å². The number of nitrogens with one attached hydrogen (secondary N) is 10. The molecule has 9 unspecified atom stereocenters. The highest BCUT2D eigenvalue weighted by Crippen LogP contribution is 2.16. The van der Waals surface area contributed by atoms with Crippen LogP contribution in [0.15, 0.2) is 0 Å². The van der Waals surface area contributed by atoms with E-state index in [9.17, 15) is 58.2 Å². The number of nitrogens with two attached hydrogens (primary N) is 7. The highest BCUT2D eigenvalue weighted by atomic mass is 32.2. The fourth-order valence-electron chi connectivity index (χ4n) is 11.3. The fraction of sp³-hybridized carbons (Fsp3) is 0.863. The van der Waals surface area contributed by atoms with Gasteiger partial charge in [-0.1, -0.05) is 149 Å². The third-order valence-corrected chi connectivity index (χ3v) is 20.4. The normalized spacial score (nSPS) is 13.9. The van der Waals surface area contributed by atoms with E-state index < -0.39 is 115 Å². The van der Waals surface area contributed by atoms with E-state index in [4.69, 9.17) is 40.1 Å². The Hall–Kier alpha value is -4.96. The molecule has 606 valence electrons. The Labute approximate surface area is 631 Å². The second-order valence-corrected chi connectivity index (χ2v) is 29.7. The van der Waals surface area contributed by atoms with Crippen LogP contribution in [0, 0.1) is 0 Å². The zero-order valence-electron chi connectivity index (χ0n) is 63.8. The Kier molecular flexibility index (Phi) is 65.3. The molecule has 0 aliphatic rings. The Balaban J connectivity index is 6.93. The van der Waals surface area contributed by atoms with Gasteiger partial charge in [0.1, 0.15) is 36.3 Å². The number of carbonyl (C=O) groups is 10. The molecule has 0 spiro atoms. The Morgan fingerprint density at radius 3 is 0.904 bits per heavy atom. The minimum Gasteiger partial charge on any atom is -0.394 e. The molecule has 0 bridgehead atoms. The molecular formula is C73H145N17O12S2. The van der Waals surface area contributed by atoms with Crippen molar-refractivity contribution in [3.63, 3.8) is 0 Å². The number of aliphatic hydroxyl groups excluding tert-OH is 2. The van der Waals surface area contributed by atoms with Crippen LogP contribution in [0.5, 0.6) is 0 Å². The third-order valence-electron chi connectivity index (χ3n) is 18.0. The highest BCUT2D eigenvalue weighted by molar-refractivity contribution is 8.03. The molecule has 0 saturated heterocycles. The van der Waals surface area contributed by atoms with Gasteiger partial charge in [0.25, 0.3) is 0 Å². The van der Waals surface area contributed by atoms with Crippen LogP contribution in [-0.4, -0.2) is 212 Å². The summed E-state index contributed by atoms with van der Waals surface area (Å²) in [7, 11) is 0.